The second-order valence-corrected chi connectivity index (χ2v) is 3.55. The lowest BCUT2D eigenvalue weighted by Gasteiger charge is -2.17. The lowest BCUT2D eigenvalue weighted by molar-refractivity contribution is 0.102. The van der Waals surface area contributed by atoms with Gasteiger partial charge in [0.25, 0.3) is 0 Å². The Kier molecular flexibility index (Phi) is 4.33. The molecule has 1 aliphatic heterocycles. The SMILES string of the molecule is CC(CCO)CCC=C1COC1. The second-order valence-electron chi connectivity index (χ2n) is 3.55. The highest BCUT2D eigenvalue weighted by molar-refractivity contribution is 5.08. The van der Waals surface area contributed by atoms with Gasteiger partial charge in [-0.05, 0) is 30.8 Å². The van der Waals surface area contributed by atoms with Gasteiger partial charge in [-0.3, -0.25) is 0 Å². The van der Waals surface area contributed by atoms with Crippen molar-refractivity contribution < 1.29 is 9.84 Å². The Morgan fingerprint density at radius 1 is 1.50 bits per heavy atom. The van der Waals surface area contributed by atoms with Crippen LogP contribution in [0.3, 0.4) is 0 Å². The van der Waals surface area contributed by atoms with E-state index in [1.807, 2.05) is 0 Å². The Morgan fingerprint density at radius 2 is 2.25 bits per heavy atom. The molecule has 0 aromatic carbocycles. The van der Waals surface area contributed by atoms with E-state index in [2.05, 4.69) is 13.0 Å². The molecule has 1 saturated heterocycles. The monoisotopic (exact) mass is 170 g/mol. The molecule has 0 bridgehead atoms. The van der Waals surface area contributed by atoms with Crippen LogP contribution in [0.25, 0.3) is 0 Å². The second kappa shape index (κ2) is 5.33. The summed E-state index contributed by atoms with van der Waals surface area (Å²) in [7, 11) is 0. The lowest BCUT2D eigenvalue weighted by atomic mass is 10.0. The van der Waals surface area contributed by atoms with Gasteiger partial charge in [-0.15, -0.1) is 0 Å². The van der Waals surface area contributed by atoms with E-state index in [0.29, 0.717) is 12.5 Å². The molecule has 0 aromatic rings. The lowest BCUT2D eigenvalue weighted by Crippen LogP contribution is -2.15. The molecule has 1 N–H and O–H groups in total. The molecule has 0 aliphatic carbocycles. The smallest absolute Gasteiger partial charge is 0.0703 e. The predicted molar refractivity (Wildman–Crippen MR) is 49.0 cm³/mol. The molecular weight excluding hydrogens is 152 g/mol. The normalized spacial score (nSPS) is 18.7. The van der Waals surface area contributed by atoms with Gasteiger partial charge in [0.2, 0.25) is 0 Å². The predicted octanol–water partition coefficient (Wildman–Crippen LogP) is 1.74. The van der Waals surface area contributed by atoms with E-state index in [-0.39, 0.29) is 0 Å². The van der Waals surface area contributed by atoms with Crippen molar-refractivity contribution >= 4 is 0 Å². The Labute approximate surface area is 74.2 Å². The van der Waals surface area contributed by atoms with Crippen molar-refractivity contribution in [3.05, 3.63) is 11.6 Å². The first-order valence-electron chi connectivity index (χ1n) is 4.69. The maximum Gasteiger partial charge on any atom is 0.0703 e. The van der Waals surface area contributed by atoms with Gasteiger partial charge in [0.1, 0.15) is 0 Å². The van der Waals surface area contributed by atoms with Crippen molar-refractivity contribution in [3.8, 4) is 0 Å². The van der Waals surface area contributed by atoms with Crippen LogP contribution >= 0.6 is 0 Å². The molecule has 1 atom stereocenters. The fourth-order valence-corrected chi connectivity index (χ4v) is 1.27. The van der Waals surface area contributed by atoms with Crippen LogP contribution in [0.2, 0.25) is 0 Å². The van der Waals surface area contributed by atoms with Gasteiger partial charge in [0, 0.05) is 6.61 Å². The highest BCUT2D eigenvalue weighted by Crippen LogP contribution is 2.14. The Bertz CT molecular complexity index is 146. The summed E-state index contributed by atoms with van der Waals surface area (Å²) in [6.45, 7) is 4.19. The van der Waals surface area contributed by atoms with Crippen molar-refractivity contribution in [3.63, 3.8) is 0 Å². The molecule has 1 heterocycles. The maximum atomic E-state index is 8.67. The standard InChI is InChI=1S/C10H18O2/c1-9(5-6-11)3-2-4-10-7-12-8-10/h4,9,11H,2-3,5-8H2,1H3. The van der Waals surface area contributed by atoms with Gasteiger partial charge in [-0.25, -0.2) is 0 Å². The summed E-state index contributed by atoms with van der Waals surface area (Å²) in [5.74, 6) is 0.646. The largest absolute Gasteiger partial charge is 0.396 e. The van der Waals surface area contributed by atoms with Gasteiger partial charge >= 0.3 is 0 Å². The summed E-state index contributed by atoms with van der Waals surface area (Å²) in [5.41, 5.74) is 1.44. The summed E-state index contributed by atoms with van der Waals surface area (Å²) in [5, 5.41) is 8.67. The molecule has 12 heavy (non-hydrogen) atoms. The number of aliphatic hydroxyl groups is 1. The Balaban J connectivity index is 2.00. The zero-order chi connectivity index (χ0) is 8.81. The third-order valence-corrected chi connectivity index (χ3v) is 2.29. The van der Waals surface area contributed by atoms with Crippen LogP contribution in [0.15, 0.2) is 11.6 Å². The fourth-order valence-electron chi connectivity index (χ4n) is 1.27. The highest BCUT2D eigenvalue weighted by atomic mass is 16.5. The number of hydrogen-bond acceptors (Lipinski definition) is 2. The first kappa shape index (κ1) is 9.75. The molecular formula is C10H18O2. The average molecular weight is 170 g/mol. The molecule has 1 fully saturated rings. The topological polar surface area (TPSA) is 29.5 Å². The first-order valence-corrected chi connectivity index (χ1v) is 4.69. The minimum absolute atomic E-state index is 0.320. The van der Waals surface area contributed by atoms with Crippen molar-refractivity contribution in [1.29, 1.82) is 0 Å². The van der Waals surface area contributed by atoms with Gasteiger partial charge in [0.15, 0.2) is 0 Å². The molecule has 0 spiro atoms. The van der Waals surface area contributed by atoms with Gasteiger partial charge in [-0.2, -0.15) is 0 Å². The van der Waals surface area contributed by atoms with Crippen LogP contribution in [-0.4, -0.2) is 24.9 Å². The summed E-state index contributed by atoms with van der Waals surface area (Å²) >= 11 is 0. The molecule has 70 valence electrons. The van der Waals surface area contributed by atoms with Crippen molar-refractivity contribution in [2.75, 3.05) is 19.8 Å². The number of rotatable bonds is 5. The molecule has 1 aliphatic rings. The van der Waals surface area contributed by atoms with E-state index < -0.39 is 0 Å². The minimum atomic E-state index is 0.320. The summed E-state index contributed by atoms with van der Waals surface area (Å²) in [6, 6.07) is 0. The van der Waals surface area contributed by atoms with Gasteiger partial charge < -0.3 is 9.84 Å². The van der Waals surface area contributed by atoms with E-state index in [0.717, 1.165) is 26.1 Å². The van der Waals surface area contributed by atoms with Gasteiger partial charge in [-0.1, -0.05) is 13.0 Å². The first-order chi connectivity index (χ1) is 5.83. The van der Waals surface area contributed by atoms with E-state index >= 15 is 0 Å². The maximum absolute atomic E-state index is 8.67. The third-order valence-electron chi connectivity index (χ3n) is 2.29. The highest BCUT2D eigenvalue weighted by Gasteiger charge is 2.07. The summed E-state index contributed by atoms with van der Waals surface area (Å²) in [6.07, 6.45) is 5.53. The average Bonchev–Trinajstić information content (AvgIpc) is 1.95. The van der Waals surface area contributed by atoms with E-state index in [1.165, 1.54) is 12.0 Å². The molecule has 0 amide bonds. The molecule has 1 unspecified atom stereocenters. The molecule has 0 saturated carbocycles. The quantitative estimate of drug-likeness (QED) is 0.637. The zero-order valence-electron chi connectivity index (χ0n) is 7.75. The van der Waals surface area contributed by atoms with Crippen molar-refractivity contribution in [1.82, 2.24) is 0 Å². The van der Waals surface area contributed by atoms with Crippen LogP contribution in [0.1, 0.15) is 26.2 Å². The van der Waals surface area contributed by atoms with Crippen LogP contribution in [0.4, 0.5) is 0 Å². The Hall–Kier alpha value is -0.340. The van der Waals surface area contributed by atoms with Crippen LogP contribution in [-0.2, 0) is 4.74 Å². The number of hydrogen-bond donors (Lipinski definition) is 1. The molecule has 2 nitrogen and oxygen atoms in total. The molecule has 2 heteroatoms. The van der Waals surface area contributed by atoms with E-state index in [4.69, 9.17) is 9.84 Å². The third kappa shape index (κ3) is 3.37. The van der Waals surface area contributed by atoms with E-state index in [1.54, 1.807) is 0 Å². The number of allylic oxidation sites excluding steroid dienone is 1. The Morgan fingerprint density at radius 3 is 2.75 bits per heavy atom. The number of ether oxygens (including phenoxy) is 1. The van der Waals surface area contributed by atoms with Crippen molar-refractivity contribution in [2.24, 2.45) is 5.92 Å². The van der Waals surface area contributed by atoms with Crippen LogP contribution < -0.4 is 0 Å². The molecule has 0 radical (unpaired) electrons. The fraction of sp³-hybridized carbons (Fsp3) is 0.800. The van der Waals surface area contributed by atoms with E-state index in [9.17, 15) is 0 Å². The summed E-state index contributed by atoms with van der Waals surface area (Å²) < 4.78 is 5.03. The molecule has 0 aromatic heterocycles. The van der Waals surface area contributed by atoms with Gasteiger partial charge in [0.05, 0.1) is 13.2 Å². The zero-order valence-corrected chi connectivity index (χ0v) is 7.75. The number of aliphatic hydroxyl groups excluding tert-OH is 1. The van der Waals surface area contributed by atoms with Crippen LogP contribution in [0, 0.1) is 5.92 Å². The summed E-state index contributed by atoms with van der Waals surface area (Å²) in [4.78, 5) is 0. The van der Waals surface area contributed by atoms with Crippen molar-refractivity contribution in [2.45, 2.75) is 26.2 Å². The minimum Gasteiger partial charge on any atom is -0.396 e. The molecule has 1 rings (SSSR count). The van der Waals surface area contributed by atoms with Crippen LogP contribution in [0.5, 0.6) is 0 Å².